The molecule has 1 aromatic carbocycles. The summed E-state index contributed by atoms with van der Waals surface area (Å²) in [6.45, 7) is 3.66. The third-order valence-electron chi connectivity index (χ3n) is 3.16. The van der Waals surface area contributed by atoms with Crippen LogP contribution in [0.25, 0.3) is 0 Å². The van der Waals surface area contributed by atoms with E-state index in [1.807, 2.05) is 37.4 Å². The first-order chi connectivity index (χ1) is 10.2. The molecule has 0 spiro atoms. The fraction of sp³-hybridized carbons (Fsp3) is 0.529. The van der Waals surface area contributed by atoms with Crippen molar-refractivity contribution in [1.29, 1.82) is 0 Å². The zero-order chi connectivity index (χ0) is 15.3. The molecule has 0 aliphatic rings. The van der Waals surface area contributed by atoms with Gasteiger partial charge in [-0.1, -0.05) is 49.5 Å². The molecule has 1 rings (SSSR count). The second-order valence-electron chi connectivity index (χ2n) is 5.22. The van der Waals surface area contributed by atoms with Crippen molar-refractivity contribution in [2.75, 3.05) is 13.1 Å². The van der Waals surface area contributed by atoms with Crippen molar-refractivity contribution in [3.8, 4) is 0 Å². The Morgan fingerprint density at radius 3 is 2.86 bits per heavy atom. The summed E-state index contributed by atoms with van der Waals surface area (Å²) in [5.74, 6) is 0.171. The second kappa shape index (κ2) is 11.1. The molecule has 112 valence electrons. The van der Waals surface area contributed by atoms with Gasteiger partial charge >= 0.3 is 0 Å². The minimum atomic E-state index is 0.171. The number of carbonyl (C=O) groups excluding carboxylic acids is 1. The van der Waals surface area contributed by atoms with Crippen LogP contribution in [0.2, 0.25) is 0 Å². The summed E-state index contributed by atoms with van der Waals surface area (Å²) in [5.41, 5.74) is 1.82. The van der Waals surface area contributed by atoms with Crippen molar-refractivity contribution in [3.05, 3.63) is 29.8 Å². The largest absolute Gasteiger partial charge is 0.356 e. The quantitative estimate of drug-likeness (QED) is 0.400. The number of carbonyl (C=O) groups is 1. The van der Waals surface area contributed by atoms with E-state index in [0.717, 1.165) is 56.2 Å². The van der Waals surface area contributed by atoms with E-state index in [9.17, 15) is 4.79 Å². The van der Waals surface area contributed by atoms with Crippen LogP contribution < -0.4 is 10.8 Å². The van der Waals surface area contributed by atoms with E-state index in [-0.39, 0.29) is 5.91 Å². The van der Waals surface area contributed by atoms with Crippen LogP contribution >= 0.6 is 0 Å². The van der Waals surface area contributed by atoms with Gasteiger partial charge < -0.3 is 5.32 Å². The van der Waals surface area contributed by atoms with Gasteiger partial charge in [-0.05, 0) is 24.8 Å². The third-order valence-corrected chi connectivity index (χ3v) is 3.16. The Kier molecular flexibility index (Phi) is 9.26. The smallest absolute Gasteiger partial charge is 0.219 e. The van der Waals surface area contributed by atoms with E-state index < -0.39 is 0 Å². The summed E-state index contributed by atoms with van der Waals surface area (Å²) >= 11 is 0. The number of aliphatic imine (C=N–C) groups is 1. The Labute approximate surface area is 129 Å². The van der Waals surface area contributed by atoms with Gasteiger partial charge in [0.25, 0.3) is 0 Å². The summed E-state index contributed by atoms with van der Waals surface area (Å²) < 4.78 is 0. The molecular formula is C17H25BN2O. The normalized spacial score (nSPS) is 10.9. The molecule has 0 bridgehead atoms. The maximum Gasteiger partial charge on any atom is 0.219 e. The maximum absolute atomic E-state index is 11.2. The molecule has 0 aromatic heterocycles. The Morgan fingerprint density at radius 1 is 1.29 bits per heavy atom. The number of amides is 1. The molecule has 1 aromatic rings. The summed E-state index contributed by atoms with van der Waals surface area (Å²) in [4.78, 5) is 15.6. The zero-order valence-electron chi connectivity index (χ0n) is 13.0. The van der Waals surface area contributed by atoms with Gasteiger partial charge in [-0.15, -0.1) is 0 Å². The van der Waals surface area contributed by atoms with E-state index in [1.54, 1.807) is 0 Å². The molecule has 21 heavy (non-hydrogen) atoms. The lowest BCUT2D eigenvalue weighted by Gasteiger charge is -2.03. The van der Waals surface area contributed by atoms with Crippen LogP contribution in [0, 0.1) is 0 Å². The van der Waals surface area contributed by atoms with Gasteiger partial charge in [-0.2, -0.15) is 0 Å². The summed E-state index contributed by atoms with van der Waals surface area (Å²) in [6.07, 6.45) is 7.85. The lowest BCUT2D eigenvalue weighted by atomic mass is 9.95. The molecule has 0 heterocycles. The van der Waals surface area contributed by atoms with Gasteiger partial charge in [-0.3, -0.25) is 9.79 Å². The third kappa shape index (κ3) is 9.06. The van der Waals surface area contributed by atoms with E-state index in [0.29, 0.717) is 6.42 Å². The number of unbranched alkanes of at least 4 members (excludes halogenated alkanes) is 3. The standard InChI is InChI=1S/C17H25BN2O/c1-2-8-17(21)20-12-6-4-3-5-11-19-14-15-9-7-10-16(18)13-15/h7,9-10,13-14H,2-6,8,11-12H2,1H3,(H,20,21). The van der Waals surface area contributed by atoms with Crippen molar-refractivity contribution >= 4 is 25.4 Å². The van der Waals surface area contributed by atoms with E-state index in [2.05, 4.69) is 10.3 Å². The van der Waals surface area contributed by atoms with Gasteiger partial charge in [0.1, 0.15) is 7.85 Å². The van der Waals surface area contributed by atoms with Crippen LogP contribution in [0.15, 0.2) is 29.3 Å². The first kappa shape index (κ1) is 17.5. The fourth-order valence-corrected chi connectivity index (χ4v) is 2.03. The minimum absolute atomic E-state index is 0.171. The number of hydrogen-bond donors (Lipinski definition) is 1. The Balaban J connectivity index is 1.98. The summed E-state index contributed by atoms with van der Waals surface area (Å²) in [5, 5.41) is 2.93. The number of benzene rings is 1. The Morgan fingerprint density at radius 2 is 2.10 bits per heavy atom. The molecule has 0 aliphatic carbocycles. The van der Waals surface area contributed by atoms with E-state index in [4.69, 9.17) is 7.85 Å². The molecule has 4 heteroatoms. The van der Waals surface area contributed by atoms with Crippen molar-refractivity contribution in [1.82, 2.24) is 5.32 Å². The number of hydrogen-bond acceptors (Lipinski definition) is 2. The van der Waals surface area contributed by atoms with Gasteiger partial charge in [-0.25, -0.2) is 0 Å². The number of nitrogens with zero attached hydrogens (tertiary/aromatic N) is 1. The SMILES string of the molecule is [B]c1cccc(C=NCCCCCCNC(=O)CCC)c1. The predicted octanol–water partition coefficient (Wildman–Crippen LogP) is 2.38. The predicted molar refractivity (Wildman–Crippen MR) is 90.7 cm³/mol. The average molecular weight is 284 g/mol. The molecule has 1 amide bonds. The van der Waals surface area contributed by atoms with Crippen LogP contribution in [0.1, 0.15) is 51.0 Å². The molecule has 1 N–H and O–H groups in total. The lowest BCUT2D eigenvalue weighted by Crippen LogP contribution is -2.23. The van der Waals surface area contributed by atoms with E-state index in [1.165, 1.54) is 0 Å². The molecule has 3 nitrogen and oxygen atoms in total. The average Bonchev–Trinajstić information content (AvgIpc) is 2.46. The first-order valence-corrected chi connectivity index (χ1v) is 7.84. The maximum atomic E-state index is 11.2. The molecule has 0 atom stereocenters. The van der Waals surface area contributed by atoms with Crippen LogP contribution in [0.5, 0.6) is 0 Å². The van der Waals surface area contributed by atoms with Gasteiger partial charge in [0.05, 0.1) is 0 Å². The number of nitrogens with one attached hydrogen (secondary N) is 1. The van der Waals surface area contributed by atoms with Crippen LogP contribution in [0.4, 0.5) is 0 Å². The Hall–Kier alpha value is -1.58. The first-order valence-electron chi connectivity index (χ1n) is 7.84. The van der Waals surface area contributed by atoms with Crippen molar-refractivity contribution < 1.29 is 4.79 Å². The van der Waals surface area contributed by atoms with Crippen molar-refractivity contribution in [2.24, 2.45) is 4.99 Å². The monoisotopic (exact) mass is 284 g/mol. The summed E-state index contributed by atoms with van der Waals surface area (Å²) in [6, 6.07) is 7.72. The number of rotatable bonds is 10. The van der Waals surface area contributed by atoms with Crippen molar-refractivity contribution in [3.63, 3.8) is 0 Å². The fourth-order valence-electron chi connectivity index (χ4n) is 2.03. The van der Waals surface area contributed by atoms with Gasteiger partial charge in [0.2, 0.25) is 5.91 Å². The second-order valence-corrected chi connectivity index (χ2v) is 5.22. The highest BCUT2D eigenvalue weighted by Gasteiger charge is 1.97. The highest BCUT2D eigenvalue weighted by molar-refractivity contribution is 6.32. The highest BCUT2D eigenvalue weighted by atomic mass is 16.1. The van der Waals surface area contributed by atoms with Gasteiger partial charge in [0.15, 0.2) is 0 Å². The van der Waals surface area contributed by atoms with Crippen molar-refractivity contribution in [2.45, 2.75) is 45.4 Å². The molecule has 2 radical (unpaired) electrons. The van der Waals surface area contributed by atoms with Gasteiger partial charge in [0, 0.05) is 25.7 Å². The topological polar surface area (TPSA) is 41.5 Å². The van der Waals surface area contributed by atoms with E-state index >= 15 is 0 Å². The lowest BCUT2D eigenvalue weighted by molar-refractivity contribution is -0.121. The minimum Gasteiger partial charge on any atom is -0.356 e. The molecular weight excluding hydrogens is 259 g/mol. The van der Waals surface area contributed by atoms with Crippen LogP contribution in [0.3, 0.4) is 0 Å². The van der Waals surface area contributed by atoms with Crippen LogP contribution in [-0.4, -0.2) is 33.1 Å². The summed E-state index contributed by atoms with van der Waals surface area (Å²) in [7, 11) is 5.71. The highest BCUT2D eigenvalue weighted by Crippen LogP contribution is 2.00. The molecule has 0 aliphatic heterocycles. The zero-order valence-corrected chi connectivity index (χ0v) is 13.0. The molecule has 0 fully saturated rings. The Bertz CT molecular complexity index is 446. The van der Waals surface area contributed by atoms with Crippen LogP contribution in [-0.2, 0) is 4.79 Å². The molecule has 0 saturated carbocycles. The molecule has 0 unspecified atom stereocenters. The molecule has 0 saturated heterocycles.